The van der Waals surface area contributed by atoms with Gasteiger partial charge in [-0.25, -0.2) is 0 Å². The Bertz CT molecular complexity index is 1380. The summed E-state index contributed by atoms with van der Waals surface area (Å²) in [6.07, 6.45) is 1.46. The Morgan fingerprint density at radius 3 is 2.47 bits per heavy atom. The number of halogens is 3. The summed E-state index contributed by atoms with van der Waals surface area (Å²) in [5.74, 6) is -0.282. The summed E-state index contributed by atoms with van der Waals surface area (Å²) in [7, 11) is 0. The van der Waals surface area contributed by atoms with Gasteiger partial charge in [0, 0.05) is 4.47 Å². The number of ether oxygens (including phenoxy) is 2. The van der Waals surface area contributed by atoms with Gasteiger partial charge in [0.1, 0.15) is 12.2 Å². The maximum atomic E-state index is 13.4. The van der Waals surface area contributed by atoms with Crippen molar-refractivity contribution in [2.24, 2.45) is 0 Å². The van der Waals surface area contributed by atoms with Crippen molar-refractivity contribution >= 4 is 80.0 Å². The molecule has 1 heterocycles. The lowest BCUT2D eigenvalue weighted by Gasteiger charge is -2.29. The number of rotatable bonds is 7. The van der Waals surface area contributed by atoms with E-state index in [1.807, 2.05) is 37.3 Å². The predicted molar refractivity (Wildman–Crippen MR) is 149 cm³/mol. The van der Waals surface area contributed by atoms with Gasteiger partial charge in [0.15, 0.2) is 16.6 Å². The van der Waals surface area contributed by atoms with Gasteiger partial charge in [0.25, 0.3) is 11.8 Å². The van der Waals surface area contributed by atoms with Crippen molar-refractivity contribution in [2.75, 3.05) is 11.5 Å². The molecule has 0 atom stereocenters. The summed E-state index contributed by atoms with van der Waals surface area (Å²) in [4.78, 5) is 27.3. The lowest BCUT2D eigenvalue weighted by Crippen LogP contribution is -2.54. The van der Waals surface area contributed by atoms with Crippen LogP contribution in [0.3, 0.4) is 0 Å². The highest BCUT2D eigenvalue weighted by Gasteiger charge is 2.36. The second-order valence-corrected chi connectivity index (χ2v) is 9.58. The third-order valence-corrected chi connectivity index (χ3v) is 6.95. The average Bonchev–Trinajstić information content (AvgIpc) is 2.85. The summed E-state index contributed by atoms with van der Waals surface area (Å²) in [5.41, 5.74) is 1.67. The summed E-state index contributed by atoms with van der Waals surface area (Å²) < 4.78 is 12.4. The van der Waals surface area contributed by atoms with Crippen molar-refractivity contribution < 1.29 is 19.1 Å². The Kier molecular flexibility index (Phi) is 8.31. The van der Waals surface area contributed by atoms with Gasteiger partial charge in [-0.2, -0.15) is 0 Å². The molecule has 36 heavy (non-hydrogen) atoms. The highest BCUT2D eigenvalue weighted by molar-refractivity contribution is 9.10. The van der Waals surface area contributed by atoms with Crippen LogP contribution in [0.15, 0.2) is 70.7 Å². The minimum Gasteiger partial charge on any atom is -0.490 e. The van der Waals surface area contributed by atoms with Gasteiger partial charge in [-0.1, -0.05) is 75.5 Å². The minimum atomic E-state index is -0.637. The normalized spacial score (nSPS) is 14.7. The van der Waals surface area contributed by atoms with E-state index in [2.05, 4.69) is 21.2 Å². The van der Waals surface area contributed by atoms with Gasteiger partial charge in [0.05, 0.1) is 22.3 Å². The van der Waals surface area contributed by atoms with Crippen molar-refractivity contribution in [3.05, 3.63) is 91.9 Å². The fourth-order valence-corrected chi connectivity index (χ4v) is 4.57. The molecule has 184 valence electrons. The van der Waals surface area contributed by atoms with E-state index in [9.17, 15) is 9.59 Å². The lowest BCUT2D eigenvalue weighted by molar-refractivity contribution is -0.122. The van der Waals surface area contributed by atoms with E-state index in [0.717, 1.165) is 10.5 Å². The second-order valence-electron chi connectivity index (χ2n) is 7.56. The standard InChI is InChI=1S/C26H19BrCl2N2O4S/c1-2-34-21-12-16(18(27)13-22(21)35-14-15-7-4-3-5-8-15)11-17-24(32)30-26(36)31(25(17)33)20-10-6-9-19(28)23(20)29/h3-13H,2,14H2,1H3,(H,30,32,36)/b17-11+. The number of anilines is 1. The molecular weight excluding hydrogens is 587 g/mol. The minimum absolute atomic E-state index is 0.0925. The zero-order valence-corrected chi connectivity index (χ0v) is 22.8. The first kappa shape index (κ1) is 26.2. The van der Waals surface area contributed by atoms with E-state index in [4.69, 9.17) is 44.9 Å². The molecule has 1 aliphatic heterocycles. The van der Waals surface area contributed by atoms with Gasteiger partial charge < -0.3 is 9.47 Å². The third-order valence-electron chi connectivity index (χ3n) is 5.17. The van der Waals surface area contributed by atoms with Crippen LogP contribution in [0, 0.1) is 0 Å². The molecule has 0 spiro atoms. The van der Waals surface area contributed by atoms with E-state index in [1.165, 1.54) is 6.08 Å². The van der Waals surface area contributed by atoms with E-state index in [-0.39, 0.29) is 26.4 Å². The molecule has 1 saturated heterocycles. The van der Waals surface area contributed by atoms with Crippen molar-refractivity contribution in [1.29, 1.82) is 0 Å². The summed E-state index contributed by atoms with van der Waals surface area (Å²) >= 11 is 21.2. The molecule has 0 saturated carbocycles. The number of thiocarbonyl (C=S) groups is 1. The fraction of sp³-hybridized carbons (Fsp3) is 0.115. The van der Waals surface area contributed by atoms with Crippen molar-refractivity contribution in [3.63, 3.8) is 0 Å². The van der Waals surface area contributed by atoms with Crippen molar-refractivity contribution in [2.45, 2.75) is 13.5 Å². The third kappa shape index (κ3) is 5.57. The van der Waals surface area contributed by atoms with Crippen LogP contribution in [-0.2, 0) is 16.2 Å². The van der Waals surface area contributed by atoms with Crippen LogP contribution in [0.4, 0.5) is 5.69 Å². The quantitative estimate of drug-likeness (QED) is 0.188. The Balaban J connectivity index is 1.69. The first-order valence-electron chi connectivity index (χ1n) is 10.8. The van der Waals surface area contributed by atoms with Crippen LogP contribution >= 0.6 is 51.3 Å². The maximum absolute atomic E-state index is 13.4. The number of carbonyl (C=O) groups is 2. The molecule has 0 aliphatic carbocycles. The molecule has 10 heteroatoms. The summed E-state index contributed by atoms with van der Waals surface area (Å²) in [6, 6.07) is 18.0. The SMILES string of the molecule is CCOc1cc(/C=C2\C(=O)NC(=S)N(c3cccc(Cl)c3Cl)C2=O)c(Br)cc1OCc1ccccc1. The van der Waals surface area contributed by atoms with Crippen LogP contribution in [0.2, 0.25) is 10.0 Å². The highest BCUT2D eigenvalue weighted by atomic mass is 79.9. The molecule has 0 unspecified atom stereocenters. The van der Waals surface area contributed by atoms with Gasteiger partial charge in [-0.3, -0.25) is 19.8 Å². The molecule has 1 aliphatic rings. The Morgan fingerprint density at radius 2 is 1.75 bits per heavy atom. The number of carbonyl (C=O) groups excluding carboxylic acids is 2. The van der Waals surface area contributed by atoms with Crippen molar-refractivity contribution in [1.82, 2.24) is 5.32 Å². The maximum Gasteiger partial charge on any atom is 0.270 e. The molecule has 6 nitrogen and oxygen atoms in total. The zero-order chi connectivity index (χ0) is 25.8. The summed E-state index contributed by atoms with van der Waals surface area (Å²) in [6.45, 7) is 2.60. The topological polar surface area (TPSA) is 67.9 Å². The second kappa shape index (κ2) is 11.4. The van der Waals surface area contributed by atoms with E-state index >= 15 is 0 Å². The van der Waals surface area contributed by atoms with Gasteiger partial charge >= 0.3 is 0 Å². The van der Waals surface area contributed by atoms with Gasteiger partial charge in [-0.05, 0) is 60.6 Å². The van der Waals surface area contributed by atoms with Crippen LogP contribution in [0.1, 0.15) is 18.1 Å². The smallest absolute Gasteiger partial charge is 0.270 e. The first-order chi connectivity index (χ1) is 17.3. The molecule has 3 aromatic carbocycles. The molecule has 1 N–H and O–H groups in total. The largest absolute Gasteiger partial charge is 0.490 e. The van der Waals surface area contributed by atoms with Crippen LogP contribution in [0.5, 0.6) is 11.5 Å². The summed E-state index contributed by atoms with van der Waals surface area (Å²) in [5, 5.41) is 2.84. The molecule has 1 fully saturated rings. The molecule has 3 aromatic rings. The zero-order valence-electron chi connectivity index (χ0n) is 18.9. The van der Waals surface area contributed by atoms with E-state index in [0.29, 0.717) is 34.7 Å². The molecule has 2 amide bonds. The molecule has 0 aromatic heterocycles. The molecule has 0 radical (unpaired) electrons. The molecular formula is C26H19BrCl2N2O4S. The number of benzene rings is 3. The molecule has 4 rings (SSSR count). The Hall–Kier alpha value is -2.91. The van der Waals surface area contributed by atoms with Crippen LogP contribution in [0.25, 0.3) is 6.08 Å². The Morgan fingerprint density at radius 1 is 1.03 bits per heavy atom. The number of amides is 2. The number of hydrogen-bond donors (Lipinski definition) is 1. The number of hydrogen-bond acceptors (Lipinski definition) is 5. The Labute approximate surface area is 231 Å². The molecule has 0 bridgehead atoms. The van der Waals surface area contributed by atoms with Gasteiger partial charge in [0.2, 0.25) is 0 Å². The van der Waals surface area contributed by atoms with Crippen molar-refractivity contribution in [3.8, 4) is 11.5 Å². The monoisotopic (exact) mass is 604 g/mol. The van der Waals surface area contributed by atoms with Gasteiger partial charge in [-0.15, -0.1) is 0 Å². The average molecular weight is 606 g/mol. The highest BCUT2D eigenvalue weighted by Crippen LogP contribution is 2.37. The predicted octanol–water partition coefficient (Wildman–Crippen LogP) is 6.56. The number of nitrogens with one attached hydrogen (secondary N) is 1. The first-order valence-corrected chi connectivity index (χ1v) is 12.7. The van der Waals surface area contributed by atoms with E-state index in [1.54, 1.807) is 30.3 Å². The van der Waals surface area contributed by atoms with Crippen LogP contribution < -0.4 is 19.7 Å². The number of nitrogens with zero attached hydrogens (tertiary/aromatic N) is 1. The fourth-order valence-electron chi connectivity index (χ4n) is 3.47. The lowest BCUT2D eigenvalue weighted by atomic mass is 10.1. The van der Waals surface area contributed by atoms with Crippen LogP contribution in [-0.4, -0.2) is 23.5 Å². The van der Waals surface area contributed by atoms with E-state index < -0.39 is 11.8 Å².